The summed E-state index contributed by atoms with van der Waals surface area (Å²) in [5.74, 6) is 3.02. The van der Waals surface area contributed by atoms with E-state index < -0.39 is 0 Å². The third kappa shape index (κ3) is 3.13. The maximum absolute atomic E-state index is 4.84. The maximum Gasteiger partial charge on any atom is 0.227 e. The Kier molecular flexibility index (Phi) is 4.19. The number of anilines is 3. The summed E-state index contributed by atoms with van der Waals surface area (Å²) in [5.41, 5.74) is 1.05. The van der Waals surface area contributed by atoms with Gasteiger partial charge in [0.15, 0.2) is 0 Å². The van der Waals surface area contributed by atoms with Crippen LogP contribution in [0.25, 0.3) is 0 Å². The molecular formula is C18H24N6. The van der Waals surface area contributed by atoms with Crippen molar-refractivity contribution in [2.75, 3.05) is 54.0 Å². The minimum Gasteiger partial charge on any atom is -0.353 e. The molecule has 2 aromatic rings. The van der Waals surface area contributed by atoms with E-state index in [4.69, 9.17) is 4.98 Å². The number of aromatic nitrogens is 3. The second-order valence-electron chi connectivity index (χ2n) is 6.52. The van der Waals surface area contributed by atoms with Gasteiger partial charge in [-0.05, 0) is 31.9 Å². The standard InChI is InChI=1S/C18H24N6/c1-15-14-17(21-18(20-15)24-8-4-5-9-24)23-12-10-22(11-13-23)16-6-2-3-7-19-16/h2-3,6-7,14H,4-5,8-13H2,1H3. The first kappa shape index (κ1) is 15.2. The minimum atomic E-state index is 0.898. The first-order valence-electron chi connectivity index (χ1n) is 8.81. The van der Waals surface area contributed by atoms with Crippen LogP contribution in [0.3, 0.4) is 0 Å². The van der Waals surface area contributed by atoms with Crippen molar-refractivity contribution in [1.82, 2.24) is 15.0 Å². The molecule has 126 valence electrons. The van der Waals surface area contributed by atoms with E-state index in [1.165, 1.54) is 12.8 Å². The number of pyridine rings is 1. The van der Waals surface area contributed by atoms with Gasteiger partial charge in [0, 0.05) is 57.2 Å². The number of hydrogen-bond acceptors (Lipinski definition) is 6. The zero-order valence-electron chi connectivity index (χ0n) is 14.2. The third-order valence-electron chi connectivity index (χ3n) is 4.79. The summed E-state index contributed by atoms with van der Waals surface area (Å²) < 4.78 is 0. The first-order valence-corrected chi connectivity index (χ1v) is 8.81. The average Bonchev–Trinajstić information content (AvgIpc) is 3.17. The summed E-state index contributed by atoms with van der Waals surface area (Å²) in [7, 11) is 0. The van der Waals surface area contributed by atoms with Crippen LogP contribution in [0.5, 0.6) is 0 Å². The van der Waals surface area contributed by atoms with Crippen molar-refractivity contribution in [1.29, 1.82) is 0 Å². The molecule has 6 heteroatoms. The highest BCUT2D eigenvalue weighted by molar-refractivity contribution is 5.48. The lowest BCUT2D eigenvalue weighted by atomic mass is 10.3. The summed E-state index contributed by atoms with van der Waals surface area (Å²) in [5, 5.41) is 0. The summed E-state index contributed by atoms with van der Waals surface area (Å²) >= 11 is 0. The highest BCUT2D eigenvalue weighted by atomic mass is 15.3. The van der Waals surface area contributed by atoms with Crippen molar-refractivity contribution < 1.29 is 0 Å². The lowest BCUT2D eigenvalue weighted by molar-refractivity contribution is 0.640. The second kappa shape index (κ2) is 6.63. The van der Waals surface area contributed by atoms with Gasteiger partial charge < -0.3 is 14.7 Å². The zero-order valence-corrected chi connectivity index (χ0v) is 14.2. The van der Waals surface area contributed by atoms with E-state index in [0.717, 1.165) is 62.5 Å². The molecule has 6 nitrogen and oxygen atoms in total. The van der Waals surface area contributed by atoms with Crippen molar-refractivity contribution in [2.24, 2.45) is 0 Å². The van der Waals surface area contributed by atoms with Crippen molar-refractivity contribution in [3.8, 4) is 0 Å². The Morgan fingerprint density at radius 2 is 1.50 bits per heavy atom. The van der Waals surface area contributed by atoms with Crippen LogP contribution in [0.1, 0.15) is 18.5 Å². The lowest BCUT2D eigenvalue weighted by Gasteiger charge is -2.36. The van der Waals surface area contributed by atoms with Crippen LogP contribution in [0.15, 0.2) is 30.5 Å². The van der Waals surface area contributed by atoms with E-state index in [2.05, 4.69) is 43.7 Å². The van der Waals surface area contributed by atoms with Crippen LogP contribution in [0.2, 0.25) is 0 Å². The molecule has 4 heterocycles. The fourth-order valence-electron chi connectivity index (χ4n) is 3.46. The van der Waals surface area contributed by atoms with Gasteiger partial charge in [-0.1, -0.05) is 6.07 Å². The van der Waals surface area contributed by atoms with E-state index in [9.17, 15) is 0 Å². The Balaban J connectivity index is 1.47. The molecule has 0 N–H and O–H groups in total. The number of rotatable bonds is 3. The molecule has 2 aromatic heterocycles. The molecule has 2 aliphatic rings. The van der Waals surface area contributed by atoms with Gasteiger partial charge in [-0.15, -0.1) is 0 Å². The van der Waals surface area contributed by atoms with Crippen LogP contribution in [0, 0.1) is 6.92 Å². The van der Waals surface area contributed by atoms with Gasteiger partial charge in [-0.3, -0.25) is 0 Å². The SMILES string of the molecule is Cc1cc(N2CCN(c3ccccn3)CC2)nc(N2CCCC2)n1. The summed E-state index contributed by atoms with van der Waals surface area (Å²) in [6.45, 7) is 8.10. The van der Waals surface area contributed by atoms with Crippen LogP contribution in [-0.4, -0.2) is 54.2 Å². The van der Waals surface area contributed by atoms with Gasteiger partial charge >= 0.3 is 0 Å². The van der Waals surface area contributed by atoms with Crippen LogP contribution < -0.4 is 14.7 Å². The quantitative estimate of drug-likeness (QED) is 0.862. The Bertz CT molecular complexity index is 675. The Labute approximate surface area is 143 Å². The summed E-state index contributed by atoms with van der Waals surface area (Å²) in [6, 6.07) is 8.19. The molecule has 2 aliphatic heterocycles. The molecular weight excluding hydrogens is 300 g/mol. The number of piperazine rings is 1. The predicted octanol–water partition coefficient (Wildman–Crippen LogP) is 2.11. The van der Waals surface area contributed by atoms with E-state index in [-0.39, 0.29) is 0 Å². The monoisotopic (exact) mass is 324 g/mol. The molecule has 0 amide bonds. The minimum absolute atomic E-state index is 0.898. The fraction of sp³-hybridized carbons (Fsp3) is 0.500. The largest absolute Gasteiger partial charge is 0.353 e. The first-order chi connectivity index (χ1) is 11.8. The van der Waals surface area contributed by atoms with Crippen molar-refractivity contribution >= 4 is 17.6 Å². The molecule has 0 saturated carbocycles. The van der Waals surface area contributed by atoms with Gasteiger partial charge in [-0.25, -0.2) is 9.97 Å². The van der Waals surface area contributed by atoms with E-state index in [0.29, 0.717) is 0 Å². The summed E-state index contributed by atoms with van der Waals surface area (Å²) in [4.78, 5) is 21.0. The van der Waals surface area contributed by atoms with Crippen molar-refractivity contribution in [3.05, 3.63) is 36.2 Å². The van der Waals surface area contributed by atoms with Crippen LogP contribution in [0.4, 0.5) is 17.6 Å². The number of hydrogen-bond donors (Lipinski definition) is 0. The topological polar surface area (TPSA) is 48.4 Å². The zero-order chi connectivity index (χ0) is 16.4. The van der Waals surface area contributed by atoms with E-state index in [1.807, 2.05) is 18.3 Å². The molecule has 2 fully saturated rings. The van der Waals surface area contributed by atoms with E-state index >= 15 is 0 Å². The lowest BCUT2D eigenvalue weighted by Crippen LogP contribution is -2.47. The Morgan fingerprint density at radius 3 is 2.17 bits per heavy atom. The maximum atomic E-state index is 4.84. The molecule has 0 radical (unpaired) electrons. The molecule has 2 saturated heterocycles. The predicted molar refractivity (Wildman–Crippen MR) is 96.9 cm³/mol. The van der Waals surface area contributed by atoms with E-state index in [1.54, 1.807) is 0 Å². The molecule has 0 atom stereocenters. The second-order valence-corrected chi connectivity index (χ2v) is 6.52. The van der Waals surface area contributed by atoms with Gasteiger partial charge in [-0.2, -0.15) is 4.98 Å². The number of nitrogens with zero attached hydrogens (tertiary/aromatic N) is 6. The highest BCUT2D eigenvalue weighted by Crippen LogP contribution is 2.22. The highest BCUT2D eigenvalue weighted by Gasteiger charge is 2.21. The Hall–Kier alpha value is -2.37. The third-order valence-corrected chi connectivity index (χ3v) is 4.79. The van der Waals surface area contributed by atoms with Crippen molar-refractivity contribution in [3.63, 3.8) is 0 Å². The van der Waals surface area contributed by atoms with Gasteiger partial charge in [0.1, 0.15) is 11.6 Å². The fourth-order valence-corrected chi connectivity index (χ4v) is 3.46. The molecule has 0 unspecified atom stereocenters. The van der Waals surface area contributed by atoms with Crippen LogP contribution >= 0.6 is 0 Å². The molecule has 0 aromatic carbocycles. The molecule has 0 bridgehead atoms. The van der Waals surface area contributed by atoms with Crippen LogP contribution in [-0.2, 0) is 0 Å². The molecule has 0 spiro atoms. The van der Waals surface area contributed by atoms with Gasteiger partial charge in [0.05, 0.1) is 0 Å². The smallest absolute Gasteiger partial charge is 0.227 e. The molecule has 0 aliphatic carbocycles. The summed E-state index contributed by atoms with van der Waals surface area (Å²) in [6.07, 6.45) is 4.35. The molecule has 24 heavy (non-hydrogen) atoms. The Morgan fingerprint density at radius 1 is 0.792 bits per heavy atom. The molecule has 4 rings (SSSR count). The van der Waals surface area contributed by atoms with Crippen molar-refractivity contribution in [2.45, 2.75) is 19.8 Å². The van der Waals surface area contributed by atoms with Gasteiger partial charge in [0.25, 0.3) is 0 Å². The normalized spacial score (nSPS) is 18.3. The average molecular weight is 324 g/mol. The van der Waals surface area contributed by atoms with Gasteiger partial charge in [0.2, 0.25) is 5.95 Å². The number of aryl methyl sites for hydroxylation is 1.